The summed E-state index contributed by atoms with van der Waals surface area (Å²) in [5.41, 5.74) is 7.01. The first-order valence-electron chi connectivity index (χ1n) is 13.3. The summed E-state index contributed by atoms with van der Waals surface area (Å²) >= 11 is 12.6. The molecule has 2 amide bonds. The van der Waals surface area contributed by atoms with E-state index in [0.717, 1.165) is 32.5 Å². The topological polar surface area (TPSA) is 113 Å². The Hall–Kier alpha value is -3.96. The molecule has 3 aromatic carbocycles. The van der Waals surface area contributed by atoms with Gasteiger partial charge in [0.2, 0.25) is 15.9 Å². The zero-order valence-corrected chi connectivity index (χ0v) is 26.2. The van der Waals surface area contributed by atoms with E-state index in [1.807, 2.05) is 54.8 Å². The average molecular weight is 641 g/mol. The summed E-state index contributed by atoms with van der Waals surface area (Å²) in [6.45, 7) is 4.79. The van der Waals surface area contributed by atoms with Crippen molar-refractivity contribution in [1.82, 2.24) is 14.3 Å². The second-order valence-electron chi connectivity index (χ2n) is 9.83. The molecule has 0 saturated carbocycles. The number of sulfonamides is 1. The molecular formula is C31H31Cl2N5O4S. The fraction of sp³-hybridized carbons (Fsp3) is 0.194. The third kappa shape index (κ3) is 8.11. The summed E-state index contributed by atoms with van der Waals surface area (Å²) in [6, 6.07) is 22.3. The smallest absolute Gasteiger partial charge is 0.255 e. The number of amides is 2. The second kappa shape index (κ2) is 14.0. The predicted molar refractivity (Wildman–Crippen MR) is 171 cm³/mol. The molecule has 2 N–H and O–H groups in total. The minimum atomic E-state index is -4.05. The van der Waals surface area contributed by atoms with Crippen LogP contribution in [0.25, 0.3) is 5.69 Å². The highest BCUT2D eigenvalue weighted by Crippen LogP contribution is 2.28. The van der Waals surface area contributed by atoms with Crippen LogP contribution in [0, 0.1) is 13.8 Å². The predicted octanol–water partition coefficient (Wildman–Crippen LogP) is 5.74. The van der Waals surface area contributed by atoms with Crippen molar-refractivity contribution in [2.75, 3.05) is 18.4 Å². The molecule has 0 unspecified atom stereocenters. The number of hydrogen-bond donors (Lipinski definition) is 2. The molecule has 1 aromatic heterocycles. The van der Waals surface area contributed by atoms with Crippen molar-refractivity contribution in [3.8, 4) is 5.69 Å². The molecule has 0 aliphatic heterocycles. The Morgan fingerprint density at radius 1 is 0.977 bits per heavy atom. The van der Waals surface area contributed by atoms with E-state index >= 15 is 0 Å². The van der Waals surface area contributed by atoms with Crippen LogP contribution in [0.4, 0.5) is 5.69 Å². The Morgan fingerprint density at radius 3 is 2.35 bits per heavy atom. The van der Waals surface area contributed by atoms with Gasteiger partial charge in [0.05, 0.1) is 28.4 Å². The van der Waals surface area contributed by atoms with Gasteiger partial charge in [0.1, 0.15) is 0 Å². The maximum Gasteiger partial charge on any atom is 0.255 e. The molecule has 43 heavy (non-hydrogen) atoms. The Kier molecular flexibility index (Phi) is 10.4. The highest BCUT2D eigenvalue weighted by atomic mass is 35.5. The summed E-state index contributed by atoms with van der Waals surface area (Å²) in [5.74, 6) is -0.873. The van der Waals surface area contributed by atoms with Gasteiger partial charge in [0, 0.05) is 41.1 Å². The van der Waals surface area contributed by atoms with Crippen molar-refractivity contribution < 1.29 is 18.0 Å². The van der Waals surface area contributed by atoms with Gasteiger partial charge >= 0.3 is 0 Å². The molecule has 0 atom stereocenters. The number of nitrogens with one attached hydrogen (secondary N) is 2. The largest absolute Gasteiger partial charge is 0.326 e. The first-order chi connectivity index (χ1) is 20.5. The molecule has 0 saturated heterocycles. The zero-order valence-electron chi connectivity index (χ0n) is 23.8. The fourth-order valence-electron chi connectivity index (χ4n) is 4.56. The standard InChI is InChI=1S/C31H31Cl2N5O4S/c1-21-17-25(22(2)38(21)30-18-26(32)9-14-29(30)33)19-34-36-31(40)20-37(16-15-24-7-5-4-6-8-24)43(41,42)28-12-10-27(11-13-28)35-23(3)39/h4-14,17-19H,15-16,20H2,1-3H3,(H,35,39)(H,36,40)/b34-19+. The number of carbonyl (C=O) groups is 2. The number of aryl methyl sites for hydroxylation is 1. The average Bonchev–Trinajstić information content (AvgIpc) is 3.25. The van der Waals surface area contributed by atoms with Gasteiger partial charge in [-0.2, -0.15) is 9.41 Å². The highest BCUT2D eigenvalue weighted by Gasteiger charge is 2.26. The van der Waals surface area contributed by atoms with Gasteiger partial charge in [-0.3, -0.25) is 9.59 Å². The van der Waals surface area contributed by atoms with Gasteiger partial charge in [0.25, 0.3) is 5.91 Å². The number of aromatic nitrogens is 1. The van der Waals surface area contributed by atoms with Crippen molar-refractivity contribution in [1.29, 1.82) is 0 Å². The third-order valence-corrected chi connectivity index (χ3v) is 9.05. The van der Waals surface area contributed by atoms with Gasteiger partial charge < -0.3 is 9.88 Å². The Bertz CT molecular complexity index is 1750. The van der Waals surface area contributed by atoms with Crippen molar-refractivity contribution in [2.45, 2.75) is 32.1 Å². The first-order valence-corrected chi connectivity index (χ1v) is 15.5. The molecule has 0 bridgehead atoms. The summed E-state index contributed by atoms with van der Waals surface area (Å²) < 4.78 is 30.2. The van der Waals surface area contributed by atoms with Crippen LogP contribution < -0.4 is 10.7 Å². The van der Waals surface area contributed by atoms with Gasteiger partial charge in [-0.25, -0.2) is 13.8 Å². The van der Waals surface area contributed by atoms with Crippen molar-refractivity contribution in [3.63, 3.8) is 0 Å². The van der Waals surface area contributed by atoms with Crippen LogP contribution in [0.2, 0.25) is 10.0 Å². The molecule has 224 valence electrons. The van der Waals surface area contributed by atoms with E-state index in [9.17, 15) is 18.0 Å². The summed E-state index contributed by atoms with van der Waals surface area (Å²) in [6.07, 6.45) is 1.90. The normalized spacial score (nSPS) is 11.7. The molecule has 4 aromatic rings. The second-order valence-corrected chi connectivity index (χ2v) is 12.6. The Balaban J connectivity index is 1.51. The number of rotatable bonds is 11. The zero-order chi connectivity index (χ0) is 31.1. The summed E-state index contributed by atoms with van der Waals surface area (Å²) in [7, 11) is -4.05. The van der Waals surface area contributed by atoms with Crippen LogP contribution in [-0.4, -0.2) is 48.4 Å². The van der Waals surface area contributed by atoms with Gasteiger partial charge in [-0.05, 0) is 74.4 Å². The molecule has 0 aliphatic rings. The first kappa shape index (κ1) is 32.0. The van der Waals surface area contributed by atoms with E-state index in [0.29, 0.717) is 22.2 Å². The lowest BCUT2D eigenvalue weighted by atomic mass is 10.1. The molecule has 0 fully saturated rings. The lowest BCUT2D eigenvalue weighted by Gasteiger charge is -2.21. The lowest BCUT2D eigenvalue weighted by Crippen LogP contribution is -2.40. The van der Waals surface area contributed by atoms with Crippen molar-refractivity contribution >= 4 is 56.9 Å². The molecule has 12 heteroatoms. The van der Waals surface area contributed by atoms with Crippen LogP contribution in [0.3, 0.4) is 0 Å². The monoisotopic (exact) mass is 639 g/mol. The van der Waals surface area contributed by atoms with E-state index < -0.39 is 22.5 Å². The maximum atomic E-state index is 13.6. The number of carbonyl (C=O) groups excluding carboxylic acids is 2. The minimum absolute atomic E-state index is 0.00178. The number of nitrogens with zero attached hydrogens (tertiary/aromatic N) is 3. The lowest BCUT2D eigenvalue weighted by molar-refractivity contribution is -0.121. The SMILES string of the molecule is CC(=O)Nc1ccc(S(=O)(=O)N(CCc2ccccc2)CC(=O)N/N=C/c2cc(C)n(-c3cc(Cl)ccc3Cl)c2C)cc1. The van der Waals surface area contributed by atoms with Crippen LogP contribution in [-0.2, 0) is 26.0 Å². The van der Waals surface area contributed by atoms with E-state index in [4.69, 9.17) is 23.2 Å². The highest BCUT2D eigenvalue weighted by molar-refractivity contribution is 7.89. The molecule has 0 radical (unpaired) electrons. The maximum absolute atomic E-state index is 13.6. The summed E-state index contributed by atoms with van der Waals surface area (Å²) in [4.78, 5) is 24.3. The van der Waals surface area contributed by atoms with Crippen LogP contribution in [0.15, 0.2) is 88.9 Å². The third-order valence-electron chi connectivity index (χ3n) is 6.64. The summed E-state index contributed by atoms with van der Waals surface area (Å²) in [5, 5.41) is 7.79. The molecule has 0 aliphatic carbocycles. The van der Waals surface area contributed by atoms with Crippen LogP contribution in [0.1, 0.15) is 29.4 Å². The van der Waals surface area contributed by atoms with Crippen LogP contribution >= 0.6 is 23.2 Å². The Morgan fingerprint density at radius 2 is 1.67 bits per heavy atom. The molecule has 0 spiro atoms. The van der Waals surface area contributed by atoms with E-state index in [-0.39, 0.29) is 17.3 Å². The molecule has 4 rings (SSSR count). The van der Waals surface area contributed by atoms with Crippen molar-refractivity contribution in [2.24, 2.45) is 5.10 Å². The van der Waals surface area contributed by atoms with Gasteiger partial charge in [-0.1, -0.05) is 53.5 Å². The van der Waals surface area contributed by atoms with E-state index in [1.54, 1.807) is 18.2 Å². The van der Waals surface area contributed by atoms with Crippen molar-refractivity contribution in [3.05, 3.63) is 111 Å². The van der Waals surface area contributed by atoms with E-state index in [1.165, 1.54) is 37.4 Å². The fourth-order valence-corrected chi connectivity index (χ4v) is 6.33. The number of hydrazone groups is 1. The van der Waals surface area contributed by atoms with Crippen LogP contribution in [0.5, 0.6) is 0 Å². The molecule has 9 nitrogen and oxygen atoms in total. The minimum Gasteiger partial charge on any atom is -0.326 e. The molecule has 1 heterocycles. The van der Waals surface area contributed by atoms with Gasteiger partial charge in [-0.15, -0.1) is 0 Å². The number of anilines is 1. The number of halogens is 2. The number of benzene rings is 3. The molecular weight excluding hydrogens is 609 g/mol. The van der Waals surface area contributed by atoms with Gasteiger partial charge in [0.15, 0.2) is 0 Å². The quantitative estimate of drug-likeness (QED) is 0.161. The Labute approximate surface area is 261 Å². The number of hydrogen-bond acceptors (Lipinski definition) is 5. The van der Waals surface area contributed by atoms with E-state index in [2.05, 4.69) is 15.8 Å².